The zero-order valence-electron chi connectivity index (χ0n) is 49.1. The minimum Gasteiger partial charge on any atom is -0.0622 e. The first kappa shape index (κ1) is 9.91. The van der Waals surface area contributed by atoms with Crippen LogP contribution in [0.3, 0.4) is 0 Å². The molecule has 0 saturated heterocycles. The molecule has 0 aliphatic heterocycles. The third-order valence-electron chi connectivity index (χ3n) is 7.33. The normalized spacial score (nSPS) is 20.2. The first-order chi connectivity index (χ1) is 33.1. The standard InChI is InChI=1S/C44H28/c1-2-14-29(15-3-1)43-38-22-10-12-24-40(38)44(41-25-13-11-23-39(41)43)37-21-9-4-16-31(37)30-26-27-36-34-19-6-5-17-32(34)33-18-7-8-20-35(33)42(36)28-30/h1-28H/i1D,2D,3D,4D,5D,6D,7D,8D,9D,10D,11D,12D,13D,14D,15D,16D,17D,18D,20D,21D,22D,23D,24D,25D,26D,27D,28D. The Kier molecular flexibility index (Phi) is 2.24. The zero-order chi connectivity index (χ0) is 52.5. The maximum Gasteiger partial charge on any atom is 0.0636 e. The molecule has 204 valence electrons. The monoisotopic (exact) mass is 583 g/mol. The fraction of sp³-hybridized carbons (Fsp3) is 0. The molecule has 0 amide bonds. The summed E-state index contributed by atoms with van der Waals surface area (Å²) in [6, 6.07) is -24.0. The molecule has 0 saturated carbocycles. The van der Waals surface area contributed by atoms with Gasteiger partial charge >= 0.3 is 0 Å². The number of hydrogen-bond acceptors (Lipinski definition) is 0. The van der Waals surface area contributed by atoms with Crippen LogP contribution in [0.5, 0.6) is 0 Å². The van der Waals surface area contributed by atoms with Gasteiger partial charge in [-0.2, -0.15) is 0 Å². The van der Waals surface area contributed by atoms with Crippen molar-refractivity contribution in [2.24, 2.45) is 0 Å². The molecular weight excluding hydrogens is 528 g/mol. The van der Waals surface area contributed by atoms with Crippen molar-refractivity contribution >= 4 is 53.9 Å². The maximum atomic E-state index is 9.94. The topological polar surface area (TPSA) is 0 Å². The van der Waals surface area contributed by atoms with Crippen molar-refractivity contribution in [3.8, 4) is 33.4 Å². The van der Waals surface area contributed by atoms with Crippen LogP contribution in [-0.2, 0) is 0 Å². The van der Waals surface area contributed by atoms with Crippen molar-refractivity contribution in [3.63, 3.8) is 0 Å². The Morgan fingerprint density at radius 1 is 0.273 bits per heavy atom. The number of hydrogen-bond donors (Lipinski definition) is 0. The number of rotatable bonds is 3. The van der Waals surface area contributed by atoms with Gasteiger partial charge in [-0.25, -0.2) is 0 Å². The van der Waals surface area contributed by atoms with Gasteiger partial charge in [0.1, 0.15) is 0 Å². The maximum absolute atomic E-state index is 9.94. The van der Waals surface area contributed by atoms with Crippen LogP contribution >= 0.6 is 0 Å². The van der Waals surface area contributed by atoms with E-state index in [1.807, 2.05) is 0 Å². The van der Waals surface area contributed by atoms with Crippen LogP contribution in [0.15, 0.2) is 169 Å². The van der Waals surface area contributed by atoms with Crippen LogP contribution in [0.4, 0.5) is 0 Å². The molecule has 9 aromatic carbocycles. The second kappa shape index (κ2) is 9.93. The Balaban J connectivity index is 1.66. The lowest BCUT2D eigenvalue weighted by Gasteiger charge is -2.20. The minimum absolute atomic E-state index is 0.260. The summed E-state index contributed by atoms with van der Waals surface area (Å²) >= 11 is 0. The summed E-state index contributed by atoms with van der Waals surface area (Å²) in [7, 11) is 0. The van der Waals surface area contributed by atoms with E-state index >= 15 is 0 Å². The van der Waals surface area contributed by atoms with Crippen LogP contribution in [0.2, 0.25) is 0 Å². The third-order valence-corrected chi connectivity index (χ3v) is 7.33. The van der Waals surface area contributed by atoms with E-state index in [-0.39, 0.29) is 10.8 Å². The molecule has 0 unspecified atom stereocenters. The molecule has 0 bridgehead atoms. The highest BCUT2D eigenvalue weighted by Gasteiger charge is 2.19. The van der Waals surface area contributed by atoms with Crippen molar-refractivity contribution in [2.75, 3.05) is 0 Å². The first-order valence-corrected chi connectivity index (χ1v) is 13.1. The molecule has 0 fully saturated rings. The van der Waals surface area contributed by atoms with E-state index in [0.29, 0.717) is 0 Å². The largest absolute Gasteiger partial charge is 0.0636 e. The van der Waals surface area contributed by atoms with Crippen molar-refractivity contribution in [1.82, 2.24) is 0 Å². The summed E-state index contributed by atoms with van der Waals surface area (Å²) < 4.78 is 243. The van der Waals surface area contributed by atoms with Crippen LogP contribution in [0, 0.1) is 0 Å². The molecule has 0 atom stereocenters. The second-order valence-corrected chi connectivity index (χ2v) is 9.58. The van der Waals surface area contributed by atoms with Gasteiger partial charge in [0, 0.05) is 0 Å². The minimum atomic E-state index is -1.09. The molecule has 9 aromatic rings. The molecule has 0 nitrogen and oxygen atoms in total. The predicted octanol–water partition coefficient (Wildman–Crippen LogP) is 12.5. The van der Waals surface area contributed by atoms with Crippen molar-refractivity contribution in [2.45, 2.75) is 0 Å². The van der Waals surface area contributed by atoms with Gasteiger partial charge in [-0.15, -0.1) is 0 Å². The molecule has 0 spiro atoms. The van der Waals surface area contributed by atoms with E-state index in [2.05, 4.69) is 0 Å². The third kappa shape index (κ3) is 3.71. The summed E-state index contributed by atoms with van der Waals surface area (Å²) in [5.41, 5.74) is -4.87. The van der Waals surface area contributed by atoms with Gasteiger partial charge in [-0.05, 0) is 93.3 Å². The van der Waals surface area contributed by atoms with Crippen molar-refractivity contribution in [3.05, 3.63) is 169 Å². The van der Waals surface area contributed by atoms with E-state index in [9.17, 15) is 12.3 Å². The number of fused-ring (bicyclic) bond motifs is 8. The zero-order valence-corrected chi connectivity index (χ0v) is 22.1. The molecule has 0 N–H and O–H groups in total. The lowest BCUT2D eigenvalue weighted by molar-refractivity contribution is 1.62. The highest BCUT2D eigenvalue weighted by molar-refractivity contribution is 6.26. The van der Waals surface area contributed by atoms with Crippen molar-refractivity contribution < 1.29 is 37.0 Å². The van der Waals surface area contributed by atoms with E-state index in [1.54, 1.807) is 0 Å². The van der Waals surface area contributed by atoms with Gasteiger partial charge in [-0.3, -0.25) is 0 Å². The Morgan fingerprint density at radius 2 is 0.727 bits per heavy atom. The molecule has 0 aliphatic rings. The van der Waals surface area contributed by atoms with E-state index in [1.165, 1.54) is 0 Å². The molecule has 0 heteroatoms. The van der Waals surface area contributed by atoms with Crippen LogP contribution < -0.4 is 0 Å². The highest BCUT2D eigenvalue weighted by Crippen LogP contribution is 2.46. The Hall–Kier alpha value is -5.72. The van der Waals surface area contributed by atoms with Crippen LogP contribution in [0.1, 0.15) is 37.0 Å². The Morgan fingerprint density at radius 3 is 1.39 bits per heavy atom. The summed E-state index contributed by atoms with van der Waals surface area (Å²) in [4.78, 5) is 0. The average molecular weight is 584 g/mol. The van der Waals surface area contributed by atoms with Crippen molar-refractivity contribution in [1.29, 1.82) is 0 Å². The summed E-state index contributed by atoms with van der Waals surface area (Å²) in [5, 5.41) is -5.53. The van der Waals surface area contributed by atoms with Gasteiger partial charge in [0.2, 0.25) is 0 Å². The quantitative estimate of drug-likeness (QED) is 0.143. The van der Waals surface area contributed by atoms with E-state index < -0.39 is 240 Å². The molecule has 44 heavy (non-hydrogen) atoms. The molecule has 9 rings (SSSR count). The fourth-order valence-electron chi connectivity index (χ4n) is 5.54. The second-order valence-electron chi connectivity index (χ2n) is 9.58. The van der Waals surface area contributed by atoms with Gasteiger partial charge in [0.25, 0.3) is 0 Å². The fourth-order valence-corrected chi connectivity index (χ4v) is 5.54. The smallest absolute Gasteiger partial charge is 0.0622 e. The van der Waals surface area contributed by atoms with E-state index in [4.69, 9.17) is 24.7 Å². The van der Waals surface area contributed by atoms with Crippen LogP contribution in [-0.4, -0.2) is 0 Å². The SMILES string of the molecule is [2H]c1cc2c(c([2H])c1[2H])c1c([2H])c([2H])c([2H])c([2H])c1c1c([2H])c(-c3c([2H])c([2H])c([2H])c([2H])c3-c3c4c([2H])c([2H])c([2H])c([2H])c4c(-c4c([2H])c([2H])c([2H])c([2H])c4[2H])c4c([2H])c([2H])c([2H])c([2H])c34)c([2H])c([2H])c21. The van der Waals surface area contributed by atoms with Gasteiger partial charge in [0.05, 0.1) is 37.0 Å². The lowest BCUT2D eigenvalue weighted by Crippen LogP contribution is -1.92. The first-order valence-electron chi connectivity index (χ1n) is 26.6. The van der Waals surface area contributed by atoms with Gasteiger partial charge in [-0.1, -0.05) is 163 Å². The van der Waals surface area contributed by atoms with Gasteiger partial charge in [0.15, 0.2) is 0 Å². The molecular formula is C44H28. The molecule has 0 aliphatic carbocycles. The van der Waals surface area contributed by atoms with E-state index in [0.717, 1.165) is 6.07 Å². The Bertz CT molecular complexity index is 3960. The van der Waals surface area contributed by atoms with Gasteiger partial charge < -0.3 is 0 Å². The predicted molar refractivity (Wildman–Crippen MR) is 190 cm³/mol. The highest BCUT2D eigenvalue weighted by atomic mass is 14.2. The lowest BCUT2D eigenvalue weighted by atomic mass is 9.83. The Labute approximate surface area is 294 Å². The summed E-state index contributed by atoms with van der Waals surface area (Å²) in [5.74, 6) is 0. The molecule has 0 aromatic heterocycles. The number of benzene rings is 9. The van der Waals surface area contributed by atoms with Crippen LogP contribution in [0.25, 0.3) is 87.2 Å². The molecule has 0 heterocycles. The summed E-state index contributed by atoms with van der Waals surface area (Å²) in [6.07, 6.45) is 0. The molecule has 0 radical (unpaired) electrons. The average Bonchev–Trinajstić information content (AvgIpc) is 3.34. The summed E-state index contributed by atoms with van der Waals surface area (Å²) in [6.45, 7) is 0.